The van der Waals surface area contributed by atoms with Crippen molar-refractivity contribution in [3.8, 4) is 11.3 Å². The van der Waals surface area contributed by atoms with E-state index in [4.69, 9.17) is 4.52 Å². The van der Waals surface area contributed by atoms with Crippen LogP contribution in [0.1, 0.15) is 35.3 Å². The van der Waals surface area contributed by atoms with Crippen molar-refractivity contribution < 1.29 is 22.1 Å². The lowest BCUT2D eigenvalue weighted by Crippen LogP contribution is -2.35. The fourth-order valence-electron chi connectivity index (χ4n) is 4.21. The summed E-state index contributed by atoms with van der Waals surface area (Å²) in [4.78, 5) is 17.9. The van der Waals surface area contributed by atoms with E-state index in [0.29, 0.717) is 41.1 Å². The van der Waals surface area contributed by atoms with Crippen LogP contribution in [-0.4, -0.2) is 41.9 Å². The highest BCUT2D eigenvalue weighted by Gasteiger charge is 2.26. The molecule has 2 aromatic carbocycles. The highest BCUT2D eigenvalue weighted by Crippen LogP contribution is 2.28. The van der Waals surface area contributed by atoms with Crippen LogP contribution in [0.15, 0.2) is 64.0 Å². The molecule has 180 valence electrons. The molecule has 1 aliphatic heterocycles. The van der Waals surface area contributed by atoms with Crippen molar-refractivity contribution in [2.45, 2.75) is 31.1 Å². The van der Waals surface area contributed by atoms with Crippen molar-refractivity contribution in [2.24, 2.45) is 0 Å². The number of rotatable bonds is 5. The molecule has 0 saturated carbocycles. The van der Waals surface area contributed by atoms with E-state index in [2.05, 4.69) is 15.5 Å². The van der Waals surface area contributed by atoms with Crippen LogP contribution in [0, 0.1) is 12.7 Å². The van der Waals surface area contributed by atoms with Crippen LogP contribution in [0.5, 0.6) is 0 Å². The summed E-state index contributed by atoms with van der Waals surface area (Å²) in [5.74, 6) is -0.812. The Morgan fingerprint density at radius 1 is 1.03 bits per heavy atom. The lowest BCUT2D eigenvalue weighted by Gasteiger charge is -2.25. The van der Waals surface area contributed by atoms with Crippen molar-refractivity contribution >= 4 is 32.7 Å². The molecular weight excluding hydrogens is 471 g/mol. The van der Waals surface area contributed by atoms with E-state index < -0.39 is 15.9 Å². The second-order valence-corrected chi connectivity index (χ2v) is 10.4. The molecule has 1 N–H and O–H groups in total. The normalized spacial score (nSPS) is 14.8. The third-order valence-corrected chi connectivity index (χ3v) is 7.98. The number of anilines is 1. The molecule has 5 rings (SSSR count). The van der Waals surface area contributed by atoms with Gasteiger partial charge in [-0.2, -0.15) is 4.31 Å². The number of sulfonamides is 1. The number of aromatic nitrogens is 2. The molecule has 1 saturated heterocycles. The minimum atomic E-state index is -3.56. The molecule has 10 heteroatoms. The summed E-state index contributed by atoms with van der Waals surface area (Å²) in [5, 5.41) is 7.21. The lowest BCUT2D eigenvalue weighted by molar-refractivity contribution is 0.102. The Hall–Kier alpha value is -3.63. The van der Waals surface area contributed by atoms with E-state index in [1.165, 1.54) is 28.6 Å². The first-order chi connectivity index (χ1) is 16.8. The summed E-state index contributed by atoms with van der Waals surface area (Å²) in [6.45, 7) is 2.75. The number of hydrogen-bond acceptors (Lipinski definition) is 6. The predicted molar refractivity (Wildman–Crippen MR) is 129 cm³/mol. The maximum atomic E-state index is 13.4. The van der Waals surface area contributed by atoms with E-state index in [0.717, 1.165) is 19.3 Å². The molecule has 35 heavy (non-hydrogen) atoms. The lowest BCUT2D eigenvalue weighted by atomic mass is 10.0. The molecule has 1 aliphatic rings. The summed E-state index contributed by atoms with van der Waals surface area (Å²) in [6.07, 6.45) is 2.75. The molecule has 1 amide bonds. The van der Waals surface area contributed by atoms with Gasteiger partial charge in [0, 0.05) is 24.3 Å². The molecule has 0 unspecified atom stereocenters. The fourth-order valence-corrected chi connectivity index (χ4v) is 5.72. The molecule has 0 aliphatic carbocycles. The molecular formula is C25H23FN4O4S. The van der Waals surface area contributed by atoms with Crippen molar-refractivity contribution in [3.05, 3.63) is 71.7 Å². The van der Waals surface area contributed by atoms with E-state index in [1.54, 1.807) is 37.3 Å². The van der Waals surface area contributed by atoms with Gasteiger partial charge in [0.2, 0.25) is 10.0 Å². The first kappa shape index (κ1) is 23.1. The number of piperidine rings is 1. The van der Waals surface area contributed by atoms with Crippen LogP contribution >= 0.6 is 0 Å². The van der Waals surface area contributed by atoms with Gasteiger partial charge < -0.3 is 9.84 Å². The number of benzene rings is 2. The van der Waals surface area contributed by atoms with Gasteiger partial charge in [0.05, 0.1) is 27.2 Å². The van der Waals surface area contributed by atoms with E-state index >= 15 is 0 Å². The summed E-state index contributed by atoms with van der Waals surface area (Å²) < 4.78 is 45.9. The topological polar surface area (TPSA) is 105 Å². The highest BCUT2D eigenvalue weighted by atomic mass is 32.2. The van der Waals surface area contributed by atoms with Crippen molar-refractivity contribution in [2.75, 3.05) is 18.4 Å². The number of hydrogen-bond donors (Lipinski definition) is 1. The molecule has 0 bridgehead atoms. The number of carbonyl (C=O) groups is 1. The van der Waals surface area contributed by atoms with Crippen LogP contribution in [0.25, 0.3) is 22.4 Å². The van der Waals surface area contributed by atoms with Gasteiger partial charge in [-0.25, -0.2) is 17.8 Å². The first-order valence-electron chi connectivity index (χ1n) is 11.3. The summed E-state index contributed by atoms with van der Waals surface area (Å²) >= 11 is 0. The van der Waals surface area contributed by atoms with Gasteiger partial charge in [0.25, 0.3) is 11.6 Å². The van der Waals surface area contributed by atoms with Crippen molar-refractivity contribution in [1.29, 1.82) is 0 Å². The molecule has 1 fully saturated rings. The predicted octanol–water partition coefficient (Wildman–Crippen LogP) is 4.76. The Balaban J connectivity index is 1.43. The maximum absolute atomic E-state index is 13.4. The van der Waals surface area contributed by atoms with Gasteiger partial charge in [0.15, 0.2) is 0 Å². The molecule has 3 heterocycles. The number of nitrogens with zero attached hydrogens (tertiary/aromatic N) is 3. The van der Waals surface area contributed by atoms with Crippen LogP contribution < -0.4 is 5.32 Å². The molecule has 2 aromatic heterocycles. The largest absolute Gasteiger partial charge is 0.335 e. The van der Waals surface area contributed by atoms with Gasteiger partial charge in [-0.1, -0.05) is 11.6 Å². The molecule has 8 nitrogen and oxygen atoms in total. The van der Waals surface area contributed by atoms with Gasteiger partial charge in [-0.05, 0) is 74.4 Å². The van der Waals surface area contributed by atoms with Crippen LogP contribution in [-0.2, 0) is 10.0 Å². The zero-order valence-electron chi connectivity index (χ0n) is 19.0. The number of nitrogens with one attached hydrogen (secondary N) is 1. The second-order valence-electron chi connectivity index (χ2n) is 8.45. The number of pyridine rings is 1. The Bertz CT molecular complexity index is 1490. The number of aryl methyl sites for hydroxylation is 1. The first-order valence-corrected chi connectivity index (χ1v) is 12.7. The van der Waals surface area contributed by atoms with E-state index in [9.17, 15) is 17.6 Å². The third kappa shape index (κ3) is 4.54. The quantitative estimate of drug-likeness (QED) is 0.429. The molecule has 4 aromatic rings. The van der Waals surface area contributed by atoms with Gasteiger partial charge >= 0.3 is 0 Å². The zero-order chi connectivity index (χ0) is 24.6. The summed E-state index contributed by atoms with van der Waals surface area (Å²) in [5.41, 5.74) is 2.47. The summed E-state index contributed by atoms with van der Waals surface area (Å²) in [7, 11) is -3.56. The number of amides is 1. The Morgan fingerprint density at radius 2 is 1.71 bits per heavy atom. The Labute approximate surface area is 201 Å². The number of carbonyl (C=O) groups excluding carboxylic acids is 1. The monoisotopic (exact) mass is 494 g/mol. The van der Waals surface area contributed by atoms with Gasteiger partial charge in [-0.3, -0.25) is 4.79 Å². The molecule has 0 radical (unpaired) electrons. The third-order valence-electron chi connectivity index (χ3n) is 6.07. The molecule has 0 spiro atoms. The van der Waals surface area contributed by atoms with Crippen LogP contribution in [0.2, 0.25) is 0 Å². The van der Waals surface area contributed by atoms with Gasteiger partial charge in [0.1, 0.15) is 5.82 Å². The standard InChI is InChI=1S/C25H23FN4O4S/c1-16-23-21(15-22(28-25(23)34-29-16)17-5-7-18(26)8-6-17)24(31)27-19-9-11-20(12-10-19)35(32,33)30-13-3-2-4-14-30/h5-12,15H,2-4,13-14H2,1H3,(H,27,31). The Kier molecular flexibility index (Phi) is 6.08. The second kappa shape index (κ2) is 9.20. The van der Waals surface area contributed by atoms with Gasteiger partial charge in [-0.15, -0.1) is 0 Å². The smallest absolute Gasteiger partial charge is 0.259 e. The van der Waals surface area contributed by atoms with E-state index in [-0.39, 0.29) is 22.0 Å². The maximum Gasteiger partial charge on any atom is 0.259 e. The fraction of sp³-hybridized carbons (Fsp3) is 0.240. The zero-order valence-corrected chi connectivity index (χ0v) is 19.8. The number of halogens is 1. The summed E-state index contributed by atoms with van der Waals surface area (Å²) in [6, 6.07) is 13.5. The van der Waals surface area contributed by atoms with E-state index in [1.807, 2.05) is 0 Å². The van der Waals surface area contributed by atoms with Crippen molar-refractivity contribution in [3.63, 3.8) is 0 Å². The molecule has 0 atom stereocenters. The number of fused-ring (bicyclic) bond motifs is 1. The van der Waals surface area contributed by atoms with Crippen LogP contribution in [0.3, 0.4) is 0 Å². The van der Waals surface area contributed by atoms with Crippen molar-refractivity contribution in [1.82, 2.24) is 14.4 Å². The average Bonchev–Trinajstić information content (AvgIpc) is 3.25. The highest BCUT2D eigenvalue weighted by molar-refractivity contribution is 7.89. The van der Waals surface area contributed by atoms with Crippen LogP contribution in [0.4, 0.5) is 10.1 Å². The Morgan fingerprint density at radius 3 is 2.40 bits per heavy atom. The minimum Gasteiger partial charge on any atom is -0.335 e. The average molecular weight is 495 g/mol. The minimum absolute atomic E-state index is 0.192. The SMILES string of the molecule is Cc1noc2nc(-c3ccc(F)cc3)cc(C(=O)Nc3ccc(S(=O)(=O)N4CCCCC4)cc3)c12.